The summed E-state index contributed by atoms with van der Waals surface area (Å²) < 4.78 is 165. The number of benzene rings is 3. The fraction of sp³-hybridized carbons (Fsp3) is 0.296. The molecule has 0 unspecified atom stereocenters. The second kappa shape index (κ2) is 12.6. The smallest absolute Gasteiger partial charge is 0.428 e. The average Bonchev–Trinajstić information content (AvgIpc) is 2.87. The van der Waals surface area contributed by atoms with Crippen molar-refractivity contribution < 1.29 is 62.2 Å². The molecule has 2 amide bonds. The second-order valence-corrected chi connectivity index (χ2v) is 9.15. The molecule has 16 heteroatoms. The van der Waals surface area contributed by atoms with Gasteiger partial charge in [0.2, 0.25) is 0 Å². The molecule has 0 aliphatic carbocycles. The summed E-state index contributed by atoms with van der Waals surface area (Å²) in [6.07, 6.45) is -21.7. The Kier molecular flexibility index (Phi) is 9.81. The van der Waals surface area contributed by atoms with Gasteiger partial charge in [0.05, 0.1) is 17.5 Å². The van der Waals surface area contributed by atoms with Crippen LogP contribution in [-0.2, 0) is 18.1 Å². The highest BCUT2D eigenvalue weighted by atomic mass is 19.4. The van der Waals surface area contributed by atoms with Gasteiger partial charge in [-0.2, -0.15) is 43.9 Å². The number of alkyl halides is 10. The second-order valence-electron chi connectivity index (χ2n) is 9.15. The largest absolute Gasteiger partial charge is 0.461 e. The van der Waals surface area contributed by atoms with Crippen LogP contribution in [0, 0.1) is 11.6 Å². The molecule has 3 aromatic carbocycles. The van der Waals surface area contributed by atoms with E-state index >= 15 is 0 Å². The van der Waals surface area contributed by atoms with E-state index < -0.39 is 89.9 Å². The Hall–Kier alpha value is -4.11. The van der Waals surface area contributed by atoms with Crippen LogP contribution in [0.2, 0.25) is 0 Å². The SMILES string of the molecule is O=C(NCCC(F)(F)F)N[C@@](Cc1ccccc1)(c1cc(F)cc(OC(F)(F)C(F)F)c1)c1ccc(F)c(C(F)(F)F)c1. The maximum absolute atomic E-state index is 14.8. The number of urea groups is 1. The summed E-state index contributed by atoms with van der Waals surface area (Å²) >= 11 is 0. The molecule has 1 atom stereocenters. The van der Waals surface area contributed by atoms with E-state index in [2.05, 4.69) is 10.1 Å². The predicted octanol–water partition coefficient (Wildman–Crippen LogP) is 7.96. The maximum atomic E-state index is 14.8. The first-order valence-corrected chi connectivity index (χ1v) is 12.0. The molecule has 2 N–H and O–H groups in total. The van der Waals surface area contributed by atoms with Crippen molar-refractivity contribution in [2.24, 2.45) is 0 Å². The predicted molar refractivity (Wildman–Crippen MR) is 128 cm³/mol. The molecule has 3 aromatic rings. The van der Waals surface area contributed by atoms with Gasteiger partial charge in [-0.3, -0.25) is 0 Å². The molecular weight excluding hydrogens is 612 g/mol. The van der Waals surface area contributed by atoms with Crippen LogP contribution in [0.3, 0.4) is 0 Å². The Bertz CT molecular complexity index is 1410. The van der Waals surface area contributed by atoms with Gasteiger partial charge in [-0.15, -0.1) is 0 Å². The summed E-state index contributed by atoms with van der Waals surface area (Å²) in [6.45, 7) is -1.02. The molecule has 0 aliphatic rings. The molecule has 3 rings (SSSR count). The number of ether oxygens (including phenoxy) is 1. The number of hydrogen-bond donors (Lipinski definition) is 2. The van der Waals surface area contributed by atoms with Crippen molar-refractivity contribution in [3.8, 4) is 5.75 Å². The molecule has 0 fully saturated rings. The van der Waals surface area contributed by atoms with E-state index in [-0.39, 0.29) is 17.7 Å². The van der Waals surface area contributed by atoms with Gasteiger partial charge in [0, 0.05) is 19.0 Å². The number of halogens is 12. The van der Waals surface area contributed by atoms with Gasteiger partial charge >= 0.3 is 30.9 Å². The summed E-state index contributed by atoms with van der Waals surface area (Å²) in [6, 6.07) is 8.36. The topological polar surface area (TPSA) is 50.4 Å². The van der Waals surface area contributed by atoms with Crippen LogP contribution in [0.4, 0.5) is 57.5 Å². The number of hydrogen-bond acceptors (Lipinski definition) is 2. The Morgan fingerprint density at radius 1 is 0.814 bits per heavy atom. The lowest BCUT2D eigenvalue weighted by Crippen LogP contribution is -2.52. The average molecular weight is 632 g/mol. The van der Waals surface area contributed by atoms with E-state index in [9.17, 15) is 57.5 Å². The van der Waals surface area contributed by atoms with Gasteiger partial charge < -0.3 is 15.4 Å². The Balaban J connectivity index is 2.30. The van der Waals surface area contributed by atoms with Crippen molar-refractivity contribution in [1.29, 1.82) is 0 Å². The van der Waals surface area contributed by atoms with Gasteiger partial charge in [0.1, 0.15) is 17.4 Å². The maximum Gasteiger partial charge on any atom is 0.461 e. The highest BCUT2D eigenvalue weighted by Gasteiger charge is 2.45. The fourth-order valence-corrected chi connectivity index (χ4v) is 4.09. The van der Waals surface area contributed by atoms with E-state index in [1.54, 1.807) is 0 Å². The summed E-state index contributed by atoms with van der Waals surface area (Å²) in [7, 11) is 0. The fourth-order valence-electron chi connectivity index (χ4n) is 4.09. The van der Waals surface area contributed by atoms with E-state index in [0.717, 1.165) is 6.07 Å². The summed E-state index contributed by atoms with van der Waals surface area (Å²) in [5.41, 5.74) is -5.44. The first-order valence-electron chi connectivity index (χ1n) is 12.0. The zero-order chi connectivity index (χ0) is 32.2. The van der Waals surface area contributed by atoms with Crippen molar-refractivity contribution in [2.75, 3.05) is 6.54 Å². The molecule has 0 saturated heterocycles. The Morgan fingerprint density at radius 3 is 2.05 bits per heavy atom. The van der Waals surface area contributed by atoms with Crippen molar-refractivity contribution >= 4 is 6.03 Å². The molecule has 0 aliphatic heterocycles. The normalized spacial score (nSPS) is 13.9. The molecule has 4 nitrogen and oxygen atoms in total. The lowest BCUT2D eigenvalue weighted by molar-refractivity contribution is -0.253. The van der Waals surface area contributed by atoms with E-state index in [1.807, 2.05) is 5.32 Å². The minimum Gasteiger partial charge on any atom is -0.428 e. The minimum atomic E-state index is -5.32. The van der Waals surface area contributed by atoms with E-state index in [1.165, 1.54) is 30.3 Å². The van der Waals surface area contributed by atoms with Crippen LogP contribution in [-0.4, -0.2) is 31.3 Å². The third kappa shape index (κ3) is 8.70. The van der Waals surface area contributed by atoms with Gasteiger partial charge in [-0.05, 0) is 41.0 Å². The number of carbonyl (C=O) groups excluding carboxylic acids is 1. The van der Waals surface area contributed by atoms with Crippen LogP contribution in [0.25, 0.3) is 0 Å². The van der Waals surface area contributed by atoms with Crippen molar-refractivity contribution in [2.45, 2.75) is 43.3 Å². The molecule has 0 spiro atoms. The van der Waals surface area contributed by atoms with Crippen LogP contribution in [0.15, 0.2) is 66.7 Å². The van der Waals surface area contributed by atoms with Gasteiger partial charge in [-0.1, -0.05) is 36.4 Å². The summed E-state index contributed by atoms with van der Waals surface area (Å²) in [5.74, 6) is -4.44. The molecule has 234 valence electrons. The zero-order valence-corrected chi connectivity index (χ0v) is 21.4. The van der Waals surface area contributed by atoms with Crippen LogP contribution in [0.5, 0.6) is 5.75 Å². The lowest BCUT2D eigenvalue weighted by Gasteiger charge is -2.37. The number of rotatable bonds is 10. The first kappa shape index (κ1) is 33.4. The van der Waals surface area contributed by atoms with E-state index in [4.69, 9.17) is 0 Å². The molecule has 0 bridgehead atoms. The van der Waals surface area contributed by atoms with Gasteiger partial charge in [0.25, 0.3) is 0 Å². The third-order valence-corrected chi connectivity index (χ3v) is 5.97. The highest BCUT2D eigenvalue weighted by Crippen LogP contribution is 2.40. The lowest BCUT2D eigenvalue weighted by atomic mass is 9.77. The quantitative estimate of drug-likeness (QED) is 0.223. The molecule has 43 heavy (non-hydrogen) atoms. The zero-order valence-electron chi connectivity index (χ0n) is 21.4. The molecule has 0 saturated carbocycles. The molecule has 0 radical (unpaired) electrons. The minimum absolute atomic E-state index is 0.195. The standard InChI is InChI=1S/C27H20F12N2O2/c28-18-10-17(11-19(13-18)43-27(38,39)22(30)31)24(14-15-4-2-1-3-5-15,41-23(42)40-9-8-25(32,33)34)16-6-7-21(29)20(12-16)26(35,36)37/h1-7,10-13,22H,8-9,14H2,(H2,40,41,42)/t24-/m1/s1. The van der Waals surface area contributed by atoms with Crippen LogP contribution in [0.1, 0.15) is 28.7 Å². The first-order chi connectivity index (χ1) is 19.8. The van der Waals surface area contributed by atoms with Gasteiger partial charge in [0.15, 0.2) is 0 Å². The number of amides is 2. The van der Waals surface area contributed by atoms with Crippen molar-refractivity contribution in [3.05, 3.63) is 101 Å². The Labute approximate surface area is 235 Å². The summed E-state index contributed by atoms with van der Waals surface area (Å²) in [5, 5.41) is 4.02. The molecular formula is C27H20F12N2O2. The number of carbonyl (C=O) groups is 1. The highest BCUT2D eigenvalue weighted by molar-refractivity contribution is 5.76. The van der Waals surface area contributed by atoms with Crippen LogP contribution >= 0.6 is 0 Å². The number of nitrogens with one attached hydrogen (secondary N) is 2. The molecule has 0 heterocycles. The summed E-state index contributed by atoms with van der Waals surface area (Å²) in [4.78, 5) is 12.9. The van der Waals surface area contributed by atoms with Gasteiger partial charge in [-0.25, -0.2) is 13.6 Å². The van der Waals surface area contributed by atoms with E-state index in [0.29, 0.717) is 18.2 Å². The monoisotopic (exact) mass is 632 g/mol. The third-order valence-electron chi connectivity index (χ3n) is 5.97. The Morgan fingerprint density at radius 2 is 1.47 bits per heavy atom. The van der Waals surface area contributed by atoms with Crippen LogP contribution < -0.4 is 15.4 Å². The molecule has 0 aromatic heterocycles. The van der Waals surface area contributed by atoms with Crippen molar-refractivity contribution in [3.63, 3.8) is 0 Å². The van der Waals surface area contributed by atoms with Crippen molar-refractivity contribution in [1.82, 2.24) is 10.6 Å².